The normalized spacial score (nSPS) is 14.5. The number of amides is 1. The summed E-state index contributed by atoms with van der Waals surface area (Å²) in [4.78, 5) is 18.3. The molecular weight excluding hydrogens is 469 g/mol. The van der Waals surface area contributed by atoms with Gasteiger partial charge in [-0.05, 0) is 42.3 Å². The summed E-state index contributed by atoms with van der Waals surface area (Å²) >= 11 is 2.98. The van der Waals surface area contributed by atoms with E-state index in [1.807, 2.05) is 46.7 Å². The first kappa shape index (κ1) is 22.8. The zero-order valence-corrected chi connectivity index (χ0v) is 20.4. The summed E-state index contributed by atoms with van der Waals surface area (Å²) < 4.78 is 16.5. The van der Waals surface area contributed by atoms with Crippen LogP contribution in [-0.4, -0.2) is 63.7 Å². The highest BCUT2D eigenvalue weighted by Gasteiger charge is 2.23. The first-order valence-electron chi connectivity index (χ1n) is 11.0. The van der Waals surface area contributed by atoms with Crippen molar-refractivity contribution in [3.8, 4) is 16.4 Å². The van der Waals surface area contributed by atoms with Crippen molar-refractivity contribution in [3.05, 3.63) is 83.0 Å². The summed E-state index contributed by atoms with van der Waals surface area (Å²) in [6.07, 6.45) is 0. The van der Waals surface area contributed by atoms with Crippen LogP contribution < -0.4 is 0 Å². The van der Waals surface area contributed by atoms with Crippen LogP contribution in [0.15, 0.2) is 71.2 Å². The molecular formula is C25H24FN5OS2. The number of likely N-dealkylation sites (N-methyl/N-ethyl adjacent to an activating group) is 1. The second-order valence-electron chi connectivity index (χ2n) is 8.11. The molecule has 34 heavy (non-hydrogen) atoms. The minimum absolute atomic E-state index is 0.0548. The largest absolute Gasteiger partial charge is 0.336 e. The molecule has 4 aromatic rings. The average Bonchev–Trinajstić information content (AvgIpc) is 3.53. The zero-order chi connectivity index (χ0) is 23.5. The smallest absolute Gasteiger partial charge is 0.254 e. The number of thiophene rings is 1. The first-order chi connectivity index (χ1) is 16.6. The molecule has 0 atom stereocenters. The van der Waals surface area contributed by atoms with Crippen LogP contribution in [0.3, 0.4) is 0 Å². The summed E-state index contributed by atoms with van der Waals surface area (Å²) in [6, 6.07) is 18.2. The number of carbonyl (C=O) groups is 1. The Labute approximate surface area is 206 Å². The van der Waals surface area contributed by atoms with E-state index >= 15 is 0 Å². The van der Waals surface area contributed by atoms with Gasteiger partial charge in [0.2, 0.25) is 0 Å². The van der Waals surface area contributed by atoms with Crippen LogP contribution in [0.1, 0.15) is 15.9 Å². The minimum Gasteiger partial charge on any atom is -0.336 e. The number of para-hydroxylation sites is 1. The molecule has 0 N–H and O–H groups in total. The van der Waals surface area contributed by atoms with Crippen molar-refractivity contribution in [3.63, 3.8) is 0 Å². The molecule has 0 aliphatic carbocycles. The third-order valence-corrected chi connectivity index (χ3v) is 7.71. The van der Waals surface area contributed by atoms with Crippen LogP contribution in [-0.2, 0) is 5.75 Å². The van der Waals surface area contributed by atoms with Crippen molar-refractivity contribution >= 4 is 29.0 Å². The molecule has 3 heterocycles. The van der Waals surface area contributed by atoms with Gasteiger partial charge in [0.25, 0.3) is 5.91 Å². The van der Waals surface area contributed by atoms with Crippen LogP contribution in [0.4, 0.5) is 4.39 Å². The highest BCUT2D eigenvalue weighted by Crippen LogP contribution is 2.33. The number of hydrogen-bond donors (Lipinski definition) is 0. The maximum atomic E-state index is 14.8. The Morgan fingerprint density at radius 1 is 1.00 bits per heavy atom. The fraction of sp³-hybridized carbons (Fsp3) is 0.240. The third kappa shape index (κ3) is 4.64. The fourth-order valence-corrected chi connectivity index (χ4v) is 5.60. The molecule has 1 amide bonds. The number of carbonyl (C=O) groups excluding carboxylic acids is 1. The van der Waals surface area contributed by atoms with Crippen LogP contribution in [0.5, 0.6) is 0 Å². The van der Waals surface area contributed by atoms with E-state index in [0.717, 1.165) is 36.6 Å². The van der Waals surface area contributed by atoms with E-state index in [9.17, 15) is 9.18 Å². The predicted octanol–water partition coefficient (Wildman–Crippen LogP) is 4.81. The van der Waals surface area contributed by atoms with E-state index in [1.165, 1.54) is 29.2 Å². The van der Waals surface area contributed by atoms with Gasteiger partial charge in [-0.2, -0.15) is 0 Å². The van der Waals surface area contributed by atoms with Gasteiger partial charge in [-0.15, -0.1) is 21.5 Å². The van der Waals surface area contributed by atoms with Crippen molar-refractivity contribution in [2.24, 2.45) is 0 Å². The molecule has 1 fully saturated rings. The van der Waals surface area contributed by atoms with Gasteiger partial charge in [0, 0.05) is 37.5 Å². The van der Waals surface area contributed by atoms with Crippen molar-refractivity contribution in [1.82, 2.24) is 24.6 Å². The number of aromatic nitrogens is 3. The number of nitrogens with zero attached hydrogens (tertiary/aromatic N) is 5. The Balaban J connectivity index is 1.44. The van der Waals surface area contributed by atoms with E-state index in [0.29, 0.717) is 28.0 Å². The van der Waals surface area contributed by atoms with Gasteiger partial charge < -0.3 is 9.80 Å². The minimum atomic E-state index is -0.340. The van der Waals surface area contributed by atoms with Gasteiger partial charge in [-0.25, -0.2) is 4.39 Å². The van der Waals surface area contributed by atoms with Crippen molar-refractivity contribution in [2.45, 2.75) is 10.9 Å². The topological polar surface area (TPSA) is 54.3 Å². The van der Waals surface area contributed by atoms with E-state index in [-0.39, 0.29) is 11.7 Å². The third-order valence-electron chi connectivity index (χ3n) is 5.86. The van der Waals surface area contributed by atoms with Crippen LogP contribution in [0.25, 0.3) is 16.4 Å². The number of piperazine rings is 1. The Morgan fingerprint density at radius 3 is 2.53 bits per heavy atom. The van der Waals surface area contributed by atoms with E-state index < -0.39 is 0 Å². The lowest BCUT2D eigenvalue weighted by Crippen LogP contribution is -2.47. The number of benzene rings is 2. The average molecular weight is 494 g/mol. The Morgan fingerprint density at radius 2 is 1.76 bits per heavy atom. The van der Waals surface area contributed by atoms with E-state index in [4.69, 9.17) is 0 Å². The molecule has 6 nitrogen and oxygen atoms in total. The molecule has 9 heteroatoms. The van der Waals surface area contributed by atoms with Crippen LogP contribution in [0, 0.1) is 5.82 Å². The maximum Gasteiger partial charge on any atom is 0.254 e. The molecule has 5 rings (SSSR count). The molecule has 0 saturated carbocycles. The van der Waals surface area contributed by atoms with Gasteiger partial charge in [0.15, 0.2) is 11.0 Å². The van der Waals surface area contributed by atoms with Gasteiger partial charge in [-0.1, -0.05) is 48.2 Å². The maximum absolute atomic E-state index is 14.8. The molecule has 174 valence electrons. The Kier molecular flexibility index (Phi) is 6.75. The second-order valence-corrected chi connectivity index (χ2v) is 10.0. The van der Waals surface area contributed by atoms with Gasteiger partial charge in [0.1, 0.15) is 5.82 Å². The van der Waals surface area contributed by atoms with Gasteiger partial charge in [-0.3, -0.25) is 9.36 Å². The number of thioether (sulfide) groups is 1. The lowest BCUT2D eigenvalue weighted by molar-refractivity contribution is 0.0663. The zero-order valence-electron chi connectivity index (χ0n) is 18.7. The number of rotatable bonds is 6. The number of halogens is 1. The summed E-state index contributed by atoms with van der Waals surface area (Å²) in [7, 11) is 2.07. The van der Waals surface area contributed by atoms with Crippen molar-refractivity contribution in [2.75, 3.05) is 33.2 Å². The first-order valence-corrected chi connectivity index (χ1v) is 12.9. The second kappa shape index (κ2) is 10.1. The molecule has 0 bridgehead atoms. The highest BCUT2D eigenvalue weighted by atomic mass is 32.2. The molecule has 0 radical (unpaired) electrons. The van der Waals surface area contributed by atoms with Gasteiger partial charge >= 0.3 is 0 Å². The predicted molar refractivity (Wildman–Crippen MR) is 134 cm³/mol. The summed E-state index contributed by atoms with van der Waals surface area (Å²) in [6.45, 7) is 3.20. The van der Waals surface area contributed by atoms with Crippen LogP contribution >= 0.6 is 23.1 Å². The summed E-state index contributed by atoms with van der Waals surface area (Å²) in [5.41, 5.74) is 2.03. The molecule has 0 unspecified atom stereocenters. The SMILES string of the molecule is CN1CCN(C(=O)c2ccccc2CSc2nnc(-c3cccs3)n2-c2ccccc2F)CC1. The Hall–Kier alpha value is -3.01. The lowest BCUT2D eigenvalue weighted by atomic mass is 10.1. The molecule has 0 spiro atoms. The summed E-state index contributed by atoms with van der Waals surface area (Å²) in [5, 5.41) is 11.3. The standard InChI is InChI=1S/C25H24FN5OS2/c1-29-12-14-30(15-13-29)24(32)19-8-3-2-7-18(19)17-34-25-28-27-23(22-11-6-16-33-22)31(25)21-10-5-4-9-20(21)26/h2-11,16H,12-15,17H2,1H3. The molecule has 1 saturated heterocycles. The monoisotopic (exact) mass is 493 g/mol. The van der Waals surface area contributed by atoms with E-state index in [2.05, 4.69) is 22.1 Å². The molecule has 2 aromatic heterocycles. The van der Waals surface area contributed by atoms with Crippen LogP contribution in [0.2, 0.25) is 0 Å². The summed E-state index contributed by atoms with van der Waals surface area (Å²) in [5.74, 6) is 0.836. The lowest BCUT2D eigenvalue weighted by Gasteiger charge is -2.32. The molecule has 1 aliphatic rings. The van der Waals surface area contributed by atoms with Crippen molar-refractivity contribution in [1.29, 1.82) is 0 Å². The highest BCUT2D eigenvalue weighted by molar-refractivity contribution is 7.98. The van der Waals surface area contributed by atoms with E-state index in [1.54, 1.807) is 22.8 Å². The van der Waals surface area contributed by atoms with Crippen molar-refractivity contribution < 1.29 is 9.18 Å². The van der Waals surface area contributed by atoms with Gasteiger partial charge in [0.05, 0.1) is 10.6 Å². The molecule has 2 aromatic carbocycles. The fourth-order valence-electron chi connectivity index (χ4n) is 3.96. The Bertz CT molecular complexity index is 1280. The quantitative estimate of drug-likeness (QED) is 0.361. The molecule has 1 aliphatic heterocycles. The number of hydrogen-bond acceptors (Lipinski definition) is 6.